The van der Waals surface area contributed by atoms with E-state index in [9.17, 15) is 9.90 Å². The molecule has 0 aromatic rings. The van der Waals surface area contributed by atoms with Gasteiger partial charge in [-0.15, -0.1) is 0 Å². The predicted molar refractivity (Wildman–Crippen MR) is 66.8 cm³/mol. The summed E-state index contributed by atoms with van der Waals surface area (Å²) < 4.78 is 0. The summed E-state index contributed by atoms with van der Waals surface area (Å²) in [6.07, 6.45) is 7.41. The Morgan fingerprint density at radius 3 is 2.59 bits per heavy atom. The van der Waals surface area contributed by atoms with Crippen LogP contribution >= 0.6 is 0 Å². The first kappa shape index (κ1) is 12.7. The third-order valence-electron chi connectivity index (χ3n) is 4.30. The van der Waals surface area contributed by atoms with Crippen LogP contribution in [0.1, 0.15) is 44.9 Å². The summed E-state index contributed by atoms with van der Waals surface area (Å²) in [5, 5.41) is 12.9. The van der Waals surface area contributed by atoms with E-state index in [1.165, 1.54) is 12.8 Å². The van der Waals surface area contributed by atoms with E-state index in [0.717, 1.165) is 38.6 Å². The molecule has 0 bridgehead atoms. The Morgan fingerprint density at radius 1 is 1.18 bits per heavy atom. The summed E-state index contributed by atoms with van der Waals surface area (Å²) in [7, 11) is 1.69. The SMILES string of the molecule is CNC(=O)N1CCCCC1C1CCCCC1O. The van der Waals surface area contributed by atoms with Crippen molar-refractivity contribution in [1.82, 2.24) is 10.2 Å². The van der Waals surface area contributed by atoms with Gasteiger partial charge in [-0.3, -0.25) is 0 Å². The van der Waals surface area contributed by atoms with Crippen LogP contribution in [0.4, 0.5) is 4.79 Å². The first-order chi connectivity index (χ1) is 8.24. The lowest BCUT2D eigenvalue weighted by Gasteiger charge is -2.43. The largest absolute Gasteiger partial charge is 0.393 e. The first-order valence-electron chi connectivity index (χ1n) is 6.90. The summed E-state index contributed by atoms with van der Waals surface area (Å²) in [5.41, 5.74) is 0. The van der Waals surface area contributed by atoms with Crippen molar-refractivity contribution in [3.63, 3.8) is 0 Å². The molecule has 2 rings (SSSR count). The molecule has 1 saturated heterocycles. The highest BCUT2D eigenvalue weighted by Crippen LogP contribution is 2.33. The fraction of sp³-hybridized carbons (Fsp3) is 0.923. The Labute approximate surface area is 103 Å². The van der Waals surface area contributed by atoms with E-state index < -0.39 is 0 Å². The maximum atomic E-state index is 11.9. The van der Waals surface area contributed by atoms with E-state index in [1.807, 2.05) is 4.90 Å². The van der Waals surface area contributed by atoms with Crippen molar-refractivity contribution in [2.24, 2.45) is 5.92 Å². The molecule has 4 heteroatoms. The maximum Gasteiger partial charge on any atom is 0.317 e. The molecular formula is C13H24N2O2. The number of piperidine rings is 1. The number of aliphatic hydroxyl groups is 1. The first-order valence-corrected chi connectivity index (χ1v) is 6.90. The monoisotopic (exact) mass is 240 g/mol. The summed E-state index contributed by atoms with van der Waals surface area (Å²) in [6.45, 7) is 0.841. The number of hydrogen-bond acceptors (Lipinski definition) is 2. The predicted octanol–water partition coefficient (Wildman–Crippen LogP) is 1.73. The molecule has 4 nitrogen and oxygen atoms in total. The quantitative estimate of drug-likeness (QED) is 0.733. The van der Waals surface area contributed by atoms with Crippen LogP contribution in [0.25, 0.3) is 0 Å². The number of carbonyl (C=O) groups excluding carboxylic acids is 1. The van der Waals surface area contributed by atoms with Crippen molar-refractivity contribution in [1.29, 1.82) is 0 Å². The topological polar surface area (TPSA) is 52.6 Å². The zero-order valence-electron chi connectivity index (χ0n) is 10.7. The Hall–Kier alpha value is -0.770. The molecule has 2 aliphatic rings. The highest BCUT2D eigenvalue weighted by Gasteiger charge is 2.37. The third kappa shape index (κ3) is 2.73. The Balaban J connectivity index is 2.06. The number of aliphatic hydroxyl groups excluding tert-OH is 1. The summed E-state index contributed by atoms with van der Waals surface area (Å²) >= 11 is 0. The van der Waals surface area contributed by atoms with Gasteiger partial charge in [-0.1, -0.05) is 12.8 Å². The van der Waals surface area contributed by atoms with E-state index in [-0.39, 0.29) is 18.2 Å². The van der Waals surface area contributed by atoms with E-state index in [1.54, 1.807) is 7.05 Å². The molecule has 2 N–H and O–H groups in total. The number of likely N-dealkylation sites (tertiary alicyclic amines) is 1. The molecule has 98 valence electrons. The van der Waals surface area contributed by atoms with Crippen molar-refractivity contribution < 1.29 is 9.90 Å². The van der Waals surface area contributed by atoms with Crippen LogP contribution in [0.3, 0.4) is 0 Å². The maximum absolute atomic E-state index is 11.9. The average Bonchev–Trinajstić information content (AvgIpc) is 2.38. The third-order valence-corrected chi connectivity index (χ3v) is 4.30. The van der Waals surface area contributed by atoms with Gasteiger partial charge in [0.2, 0.25) is 0 Å². The van der Waals surface area contributed by atoms with Crippen LogP contribution in [0.2, 0.25) is 0 Å². The molecule has 1 aliphatic carbocycles. The van der Waals surface area contributed by atoms with E-state index in [0.29, 0.717) is 5.92 Å². The highest BCUT2D eigenvalue weighted by atomic mass is 16.3. The molecule has 2 fully saturated rings. The smallest absolute Gasteiger partial charge is 0.317 e. The number of nitrogens with one attached hydrogen (secondary N) is 1. The van der Waals surface area contributed by atoms with Crippen LogP contribution < -0.4 is 5.32 Å². The van der Waals surface area contributed by atoms with E-state index in [4.69, 9.17) is 0 Å². The van der Waals surface area contributed by atoms with Gasteiger partial charge >= 0.3 is 6.03 Å². The normalized spacial score (nSPS) is 34.5. The van der Waals surface area contributed by atoms with Crippen LogP contribution in [-0.2, 0) is 0 Å². The van der Waals surface area contributed by atoms with Crippen molar-refractivity contribution in [3.05, 3.63) is 0 Å². The molecule has 1 aliphatic heterocycles. The van der Waals surface area contributed by atoms with Crippen LogP contribution in [0, 0.1) is 5.92 Å². The van der Waals surface area contributed by atoms with Gasteiger partial charge in [0.1, 0.15) is 0 Å². The minimum Gasteiger partial charge on any atom is -0.393 e. The molecule has 0 aromatic heterocycles. The summed E-state index contributed by atoms with van der Waals surface area (Å²) in [5.74, 6) is 0.293. The number of urea groups is 1. The van der Waals surface area contributed by atoms with Gasteiger partial charge in [-0.05, 0) is 32.1 Å². The second-order valence-corrected chi connectivity index (χ2v) is 5.33. The van der Waals surface area contributed by atoms with E-state index in [2.05, 4.69) is 5.32 Å². The second-order valence-electron chi connectivity index (χ2n) is 5.33. The van der Waals surface area contributed by atoms with Gasteiger partial charge in [-0.2, -0.15) is 0 Å². The van der Waals surface area contributed by atoms with E-state index >= 15 is 0 Å². The molecule has 1 saturated carbocycles. The van der Waals surface area contributed by atoms with Crippen LogP contribution in [-0.4, -0.2) is 41.8 Å². The second kappa shape index (κ2) is 5.71. The summed E-state index contributed by atoms with van der Waals surface area (Å²) in [4.78, 5) is 13.8. The molecule has 3 atom stereocenters. The fourth-order valence-electron chi connectivity index (χ4n) is 3.39. The van der Waals surface area contributed by atoms with Gasteiger partial charge in [-0.25, -0.2) is 4.79 Å². The van der Waals surface area contributed by atoms with Crippen molar-refractivity contribution in [2.75, 3.05) is 13.6 Å². The number of amides is 2. The Kier molecular flexibility index (Phi) is 4.26. The average molecular weight is 240 g/mol. The molecule has 0 aromatic carbocycles. The lowest BCUT2D eigenvalue weighted by atomic mass is 9.78. The molecular weight excluding hydrogens is 216 g/mol. The number of hydrogen-bond donors (Lipinski definition) is 2. The van der Waals surface area contributed by atoms with Crippen molar-refractivity contribution in [2.45, 2.75) is 57.1 Å². The van der Waals surface area contributed by atoms with Gasteiger partial charge in [0.25, 0.3) is 0 Å². The molecule has 1 heterocycles. The zero-order valence-corrected chi connectivity index (χ0v) is 10.7. The minimum atomic E-state index is -0.209. The lowest BCUT2D eigenvalue weighted by Crippen LogP contribution is -2.53. The van der Waals surface area contributed by atoms with Gasteiger partial charge in [0.15, 0.2) is 0 Å². The molecule has 0 spiro atoms. The summed E-state index contributed by atoms with van der Waals surface area (Å²) in [6, 6.07) is 0.270. The lowest BCUT2D eigenvalue weighted by molar-refractivity contribution is 0.00866. The fourth-order valence-corrected chi connectivity index (χ4v) is 3.39. The standard InChI is InChI=1S/C13H24N2O2/c1-14-13(17)15-9-5-4-7-11(15)10-6-2-3-8-12(10)16/h10-12,16H,2-9H2,1H3,(H,14,17). The van der Waals surface area contributed by atoms with Gasteiger partial charge in [0, 0.05) is 25.6 Å². The zero-order chi connectivity index (χ0) is 12.3. The van der Waals surface area contributed by atoms with Crippen LogP contribution in [0.5, 0.6) is 0 Å². The van der Waals surface area contributed by atoms with Crippen molar-refractivity contribution >= 4 is 6.03 Å². The molecule has 0 radical (unpaired) electrons. The number of nitrogens with zero attached hydrogens (tertiary/aromatic N) is 1. The Bertz CT molecular complexity index is 270. The number of carbonyl (C=O) groups is 1. The highest BCUT2D eigenvalue weighted by molar-refractivity contribution is 5.74. The molecule has 3 unspecified atom stereocenters. The molecule has 17 heavy (non-hydrogen) atoms. The van der Waals surface area contributed by atoms with Gasteiger partial charge in [0.05, 0.1) is 6.10 Å². The van der Waals surface area contributed by atoms with Crippen molar-refractivity contribution in [3.8, 4) is 0 Å². The molecule has 2 amide bonds. The Morgan fingerprint density at radius 2 is 1.88 bits per heavy atom. The van der Waals surface area contributed by atoms with Gasteiger partial charge < -0.3 is 15.3 Å². The minimum absolute atomic E-state index is 0.0208. The number of rotatable bonds is 1. The van der Waals surface area contributed by atoms with Crippen LogP contribution in [0.15, 0.2) is 0 Å².